The molecule has 0 saturated carbocycles. The summed E-state index contributed by atoms with van der Waals surface area (Å²) >= 11 is 0. The van der Waals surface area contributed by atoms with Gasteiger partial charge in [-0.15, -0.1) is 0 Å². The largest absolute Gasteiger partial charge is 0.477 e. The van der Waals surface area contributed by atoms with E-state index in [1.807, 2.05) is 6.07 Å². The molecule has 0 spiro atoms. The van der Waals surface area contributed by atoms with E-state index in [4.69, 9.17) is 5.11 Å². The summed E-state index contributed by atoms with van der Waals surface area (Å²) in [6.07, 6.45) is 0. The van der Waals surface area contributed by atoms with Gasteiger partial charge in [0.25, 0.3) is 0 Å². The van der Waals surface area contributed by atoms with E-state index in [0.717, 1.165) is 37.1 Å². The highest BCUT2D eigenvalue weighted by Crippen LogP contribution is 2.23. The van der Waals surface area contributed by atoms with E-state index in [-0.39, 0.29) is 5.69 Å². The van der Waals surface area contributed by atoms with Crippen LogP contribution in [0.2, 0.25) is 0 Å². The van der Waals surface area contributed by atoms with Gasteiger partial charge >= 0.3 is 5.97 Å². The number of nitrogens with zero attached hydrogens (tertiary/aromatic N) is 2. The first-order chi connectivity index (χ1) is 13.5. The molecule has 5 nitrogen and oxygen atoms in total. The van der Waals surface area contributed by atoms with Gasteiger partial charge in [-0.2, -0.15) is 0 Å². The Labute approximate surface area is 165 Å². The molecule has 0 aliphatic carbocycles. The average Bonchev–Trinajstić information content (AvgIpc) is 3.09. The van der Waals surface area contributed by atoms with Crippen molar-refractivity contribution in [1.82, 2.24) is 14.8 Å². The molecule has 2 aromatic carbocycles. The number of carboxylic acid groups (broad SMARTS) is 1. The summed E-state index contributed by atoms with van der Waals surface area (Å²) in [6, 6.07) is 19.5. The second-order valence-corrected chi connectivity index (χ2v) is 7.96. The van der Waals surface area contributed by atoms with E-state index in [1.165, 1.54) is 11.1 Å². The molecule has 5 heteroatoms. The Bertz CT molecular complexity index is 954. The van der Waals surface area contributed by atoms with Crippen LogP contribution in [0.15, 0.2) is 54.6 Å². The molecule has 0 radical (unpaired) electrons. The number of hydrogen-bond donors (Lipinski definition) is 2. The van der Waals surface area contributed by atoms with Crippen LogP contribution in [-0.2, 0) is 13.1 Å². The van der Waals surface area contributed by atoms with Gasteiger partial charge in [-0.05, 0) is 43.2 Å². The second-order valence-electron chi connectivity index (χ2n) is 7.96. The maximum atomic E-state index is 11.2. The molecule has 1 saturated heterocycles. The lowest BCUT2D eigenvalue weighted by atomic mass is 10.0. The summed E-state index contributed by atoms with van der Waals surface area (Å²) in [5.41, 5.74) is 3.70. The molecular formula is C23H27N3O2. The third-order valence-corrected chi connectivity index (χ3v) is 5.71. The van der Waals surface area contributed by atoms with Crippen molar-refractivity contribution in [3.05, 3.63) is 71.4 Å². The van der Waals surface area contributed by atoms with Crippen LogP contribution in [0.4, 0.5) is 0 Å². The van der Waals surface area contributed by atoms with Crippen molar-refractivity contribution in [3.8, 4) is 0 Å². The number of carbonyl (C=O) groups is 1. The van der Waals surface area contributed by atoms with Crippen LogP contribution < -0.4 is 0 Å². The molecule has 0 unspecified atom stereocenters. The number of nitrogens with one attached hydrogen (secondary N) is 1. The van der Waals surface area contributed by atoms with Crippen LogP contribution in [0, 0.1) is 0 Å². The summed E-state index contributed by atoms with van der Waals surface area (Å²) in [5, 5.41) is 10.1. The molecule has 2 atom stereocenters. The number of rotatable bonds is 5. The Morgan fingerprint density at radius 2 is 1.71 bits per heavy atom. The Balaban J connectivity index is 1.43. The number of aromatic carboxylic acids is 1. The minimum absolute atomic E-state index is 0.240. The summed E-state index contributed by atoms with van der Waals surface area (Å²) in [6.45, 7) is 8.55. The Kier molecular flexibility index (Phi) is 5.20. The molecule has 2 heterocycles. The van der Waals surface area contributed by atoms with Crippen molar-refractivity contribution < 1.29 is 9.90 Å². The summed E-state index contributed by atoms with van der Waals surface area (Å²) in [4.78, 5) is 19.2. The summed E-state index contributed by atoms with van der Waals surface area (Å²) < 4.78 is 0. The van der Waals surface area contributed by atoms with Crippen LogP contribution in [0.25, 0.3) is 10.9 Å². The molecule has 4 rings (SSSR count). The monoisotopic (exact) mass is 377 g/mol. The van der Waals surface area contributed by atoms with Gasteiger partial charge in [0, 0.05) is 49.2 Å². The number of H-pyrrole nitrogens is 1. The highest BCUT2D eigenvalue weighted by atomic mass is 16.4. The predicted octanol–water partition coefficient (Wildman–Crippen LogP) is 3.96. The van der Waals surface area contributed by atoms with Crippen molar-refractivity contribution in [2.45, 2.75) is 39.0 Å². The zero-order valence-corrected chi connectivity index (χ0v) is 16.4. The van der Waals surface area contributed by atoms with Gasteiger partial charge in [0.15, 0.2) is 0 Å². The van der Waals surface area contributed by atoms with E-state index in [0.29, 0.717) is 12.1 Å². The molecular weight excluding hydrogens is 350 g/mol. The molecule has 1 fully saturated rings. The lowest BCUT2D eigenvalue weighted by Gasteiger charge is -2.44. The van der Waals surface area contributed by atoms with Crippen molar-refractivity contribution in [3.63, 3.8) is 0 Å². The number of fused-ring (bicyclic) bond motifs is 1. The van der Waals surface area contributed by atoms with Crippen molar-refractivity contribution in [2.75, 3.05) is 13.1 Å². The quantitative estimate of drug-likeness (QED) is 0.707. The van der Waals surface area contributed by atoms with Crippen LogP contribution in [-0.4, -0.2) is 51.0 Å². The highest BCUT2D eigenvalue weighted by molar-refractivity contribution is 5.93. The maximum Gasteiger partial charge on any atom is 0.352 e. The van der Waals surface area contributed by atoms with Gasteiger partial charge in [0.1, 0.15) is 5.69 Å². The number of hydrogen-bond acceptors (Lipinski definition) is 3. The van der Waals surface area contributed by atoms with Crippen LogP contribution in [0.1, 0.15) is 35.5 Å². The van der Waals surface area contributed by atoms with Crippen molar-refractivity contribution in [1.29, 1.82) is 0 Å². The molecule has 2 N–H and O–H groups in total. The van der Waals surface area contributed by atoms with E-state index < -0.39 is 5.97 Å². The van der Waals surface area contributed by atoms with Crippen molar-refractivity contribution in [2.24, 2.45) is 0 Å². The third kappa shape index (κ3) is 3.96. The molecule has 3 aromatic rings. The molecule has 1 aliphatic rings. The summed E-state index contributed by atoms with van der Waals surface area (Å²) in [7, 11) is 0. The van der Waals surface area contributed by atoms with Gasteiger partial charge in [-0.1, -0.05) is 36.4 Å². The molecule has 146 valence electrons. The first-order valence-electron chi connectivity index (χ1n) is 9.86. The number of piperazine rings is 1. The number of benzene rings is 2. The molecule has 0 amide bonds. The lowest BCUT2D eigenvalue weighted by Crippen LogP contribution is -2.55. The zero-order chi connectivity index (χ0) is 19.7. The Hall–Kier alpha value is -2.63. The topological polar surface area (TPSA) is 59.6 Å². The van der Waals surface area contributed by atoms with Crippen LogP contribution in [0.3, 0.4) is 0 Å². The fourth-order valence-corrected chi connectivity index (χ4v) is 4.35. The lowest BCUT2D eigenvalue weighted by molar-refractivity contribution is 0.0290. The minimum Gasteiger partial charge on any atom is -0.477 e. The van der Waals surface area contributed by atoms with Gasteiger partial charge in [-0.3, -0.25) is 9.80 Å². The normalized spacial score (nSPS) is 21.2. The van der Waals surface area contributed by atoms with E-state index in [2.05, 4.69) is 71.1 Å². The second kappa shape index (κ2) is 7.78. The van der Waals surface area contributed by atoms with Crippen LogP contribution >= 0.6 is 0 Å². The number of aromatic amines is 1. The van der Waals surface area contributed by atoms with Crippen molar-refractivity contribution >= 4 is 16.9 Å². The highest BCUT2D eigenvalue weighted by Gasteiger charge is 2.29. The smallest absolute Gasteiger partial charge is 0.352 e. The number of carboxylic acids is 1. The maximum absolute atomic E-state index is 11.2. The van der Waals surface area contributed by atoms with Gasteiger partial charge in [-0.25, -0.2) is 4.79 Å². The first kappa shape index (κ1) is 18.7. The fraction of sp³-hybridized carbons (Fsp3) is 0.348. The fourth-order valence-electron chi connectivity index (χ4n) is 4.35. The number of aromatic nitrogens is 1. The first-order valence-corrected chi connectivity index (χ1v) is 9.86. The SMILES string of the molecule is C[C@@H]1CN(Cc2ccc3[nH]c(C(=O)O)cc3c2)C[C@H](C)N1Cc1ccccc1. The van der Waals surface area contributed by atoms with E-state index in [9.17, 15) is 4.79 Å². The predicted molar refractivity (Wildman–Crippen MR) is 111 cm³/mol. The summed E-state index contributed by atoms with van der Waals surface area (Å²) in [5.74, 6) is -0.921. The van der Waals surface area contributed by atoms with E-state index >= 15 is 0 Å². The van der Waals surface area contributed by atoms with Gasteiger partial charge in [0.05, 0.1) is 0 Å². The van der Waals surface area contributed by atoms with E-state index in [1.54, 1.807) is 6.07 Å². The third-order valence-electron chi connectivity index (χ3n) is 5.71. The average molecular weight is 377 g/mol. The van der Waals surface area contributed by atoms with Gasteiger partial charge in [0.2, 0.25) is 0 Å². The Morgan fingerprint density at radius 1 is 1.00 bits per heavy atom. The molecule has 0 bridgehead atoms. The standard InChI is InChI=1S/C23H27N3O2/c1-16-12-25(13-17(2)26(16)15-18-6-4-3-5-7-18)14-19-8-9-21-20(10-19)11-22(24-21)23(27)28/h3-11,16-17,24H,12-15H2,1-2H3,(H,27,28)/t16-,17+. The molecule has 1 aromatic heterocycles. The molecule has 1 aliphatic heterocycles. The Morgan fingerprint density at radius 3 is 2.39 bits per heavy atom. The van der Waals surface area contributed by atoms with Gasteiger partial charge < -0.3 is 10.1 Å². The minimum atomic E-state index is -0.921. The van der Waals surface area contributed by atoms with Crippen LogP contribution in [0.5, 0.6) is 0 Å². The molecule has 28 heavy (non-hydrogen) atoms. The zero-order valence-electron chi connectivity index (χ0n) is 16.4.